The first-order valence-corrected chi connectivity index (χ1v) is 9.91. The molecule has 1 saturated heterocycles. The van der Waals surface area contributed by atoms with Crippen LogP contribution in [0.25, 0.3) is 11.3 Å². The Hall–Kier alpha value is -3.96. The standard InChI is InChI=1S/C23H21N5O3/c24-15-17-4-6-20(7-5-17)31-16-23(29)25-19-3-1-2-18(14-19)21-8-9-22(27-26-21)28-10-12-30-13-11-28/h1-9,14H,10-13,16H2,(H,25,29). The van der Waals surface area contributed by atoms with Crippen molar-refractivity contribution in [1.82, 2.24) is 10.2 Å². The van der Waals surface area contributed by atoms with E-state index in [1.807, 2.05) is 36.4 Å². The van der Waals surface area contributed by atoms with Gasteiger partial charge in [0.25, 0.3) is 5.91 Å². The summed E-state index contributed by atoms with van der Waals surface area (Å²) in [6, 6.07) is 19.9. The van der Waals surface area contributed by atoms with Crippen LogP contribution in [0.15, 0.2) is 60.7 Å². The molecule has 8 heteroatoms. The number of anilines is 2. The number of morpholine rings is 1. The number of ether oxygens (including phenoxy) is 2. The molecule has 1 aromatic heterocycles. The van der Waals surface area contributed by atoms with Crippen LogP contribution in [0.5, 0.6) is 5.75 Å². The van der Waals surface area contributed by atoms with Gasteiger partial charge in [-0.2, -0.15) is 5.26 Å². The van der Waals surface area contributed by atoms with Gasteiger partial charge in [0, 0.05) is 24.3 Å². The Morgan fingerprint density at radius 1 is 1.10 bits per heavy atom. The van der Waals surface area contributed by atoms with Crippen LogP contribution in [0.2, 0.25) is 0 Å². The summed E-state index contributed by atoms with van der Waals surface area (Å²) < 4.78 is 10.8. The monoisotopic (exact) mass is 415 g/mol. The first kappa shape index (κ1) is 20.3. The summed E-state index contributed by atoms with van der Waals surface area (Å²) in [6.07, 6.45) is 0. The Labute approximate surface area is 180 Å². The topological polar surface area (TPSA) is 100 Å². The average Bonchev–Trinajstić information content (AvgIpc) is 2.84. The molecule has 1 amide bonds. The van der Waals surface area contributed by atoms with Crippen LogP contribution in [0.4, 0.5) is 11.5 Å². The molecule has 31 heavy (non-hydrogen) atoms. The van der Waals surface area contributed by atoms with Crippen molar-refractivity contribution in [3.63, 3.8) is 0 Å². The van der Waals surface area contributed by atoms with Gasteiger partial charge in [-0.25, -0.2) is 0 Å². The number of nitrogens with zero attached hydrogens (tertiary/aromatic N) is 4. The first-order valence-electron chi connectivity index (χ1n) is 9.91. The second-order valence-corrected chi connectivity index (χ2v) is 6.93. The molecule has 1 aliphatic rings. The third-order valence-corrected chi connectivity index (χ3v) is 4.78. The van der Waals surface area contributed by atoms with Gasteiger partial charge in [-0.05, 0) is 48.5 Å². The van der Waals surface area contributed by atoms with Crippen LogP contribution in [0.1, 0.15) is 5.56 Å². The van der Waals surface area contributed by atoms with Crippen molar-refractivity contribution in [2.75, 3.05) is 43.1 Å². The van der Waals surface area contributed by atoms with Gasteiger partial charge in [0.15, 0.2) is 12.4 Å². The summed E-state index contributed by atoms with van der Waals surface area (Å²) in [7, 11) is 0. The Kier molecular flexibility index (Phi) is 6.35. The second-order valence-electron chi connectivity index (χ2n) is 6.93. The lowest BCUT2D eigenvalue weighted by Gasteiger charge is -2.27. The third kappa shape index (κ3) is 5.35. The minimum absolute atomic E-state index is 0.135. The Morgan fingerprint density at radius 3 is 2.61 bits per heavy atom. The molecule has 156 valence electrons. The van der Waals surface area contributed by atoms with E-state index < -0.39 is 0 Å². The van der Waals surface area contributed by atoms with Crippen molar-refractivity contribution in [3.8, 4) is 23.1 Å². The zero-order valence-electron chi connectivity index (χ0n) is 16.8. The van der Waals surface area contributed by atoms with Gasteiger partial charge in [-0.3, -0.25) is 4.79 Å². The number of nitrogens with one attached hydrogen (secondary N) is 1. The minimum atomic E-state index is -0.282. The van der Waals surface area contributed by atoms with Gasteiger partial charge in [-0.1, -0.05) is 12.1 Å². The number of rotatable bonds is 6. The molecule has 2 aromatic carbocycles. The lowest BCUT2D eigenvalue weighted by molar-refractivity contribution is -0.118. The van der Waals surface area contributed by atoms with E-state index >= 15 is 0 Å². The van der Waals surface area contributed by atoms with Crippen molar-refractivity contribution in [2.45, 2.75) is 0 Å². The molecule has 2 heterocycles. The quantitative estimate of drug-likeness (QED) is 0.661. The smallest absolute Gasteiger partial charge is 0.262 e. The molecule has 0 aliphatic carbocycles. The fourth-order valence-corrected chi connectivity index (χ4v) is 3.17. The molecule has 1 N–H and O–H groups in total. The molecule has 0 spiro atoms. The second kappa shape index (κ2) is 9.69. The van der Waals surface area contributed by atoms with Crippen LogP contribution >= 0.6 is 0 Å². The van der Waals surface area contributed by atoms with Gasteiger partial charge < -0.3 is 19.7 Å². The summed E-state index contributed by atoms with van der Waals surface area (Å²) in [5, 5.41) is 20.3. The van der Waals surface area contributed by atoms with Crippen LogP contribution in [0, 0.1) is 11.3 Å². The molecular weight excluding hydrogens is 394 g/mol. The van der Waals surface area contributed by atoms with Gasteiger partial charge >= 0.3 is 0 Å². The zero-order valence-corrected chi connectivity index (χ0v) is 16.8. The van der Waals surface area contributed by atoms with Crippen molar-refractivity contribution in [3.05, 3.63) is 66.2 Å². The van der Waals surface area contributed by atoms with E-state index in [1.165, 1.54) is 0 Å². The summed E-state index contributed by atoms with van der Waals surface area (Å²) in [6.45, 7) is 2.87. The number of hydrogen-bond donors (Lipinski definition) is 1. The van der Waals surface area contributed by atoms with Gasteiger partial charge in [0.1, 0.15) is 5.75 Å². The zero-order chi connectivity index (χ0) is 21.5. The summed E-state index contributed by atoms with van der Waals surface area (Å²) in [5.41, 5.74) is 2.76. The van der Waals surface area contributed by atoms with Crippen molar-refractivity contribution in [2.24, 2.45) is 0 Å². The lowest BCUT2D eigenvalue weighted by Crippen LogP contribution is -2.36. The van der Waals surface area contributed by atoms with Crippen molar-refractivity contribution >= 4 is 17.4 Å². The van der Waals surface area contributed by atoms with E-state index in [-0.39, 0.29) is 12.5 Å². The van der Waals surface area contributed by atoms with Gasteiger partial charge in [0.05, 0.1) is 30.5 Å². The van der Waals surface area contributed by atoms with E-state index in [2.05, 4.69) is 20.4 Å². The third-order valence-electron chi connectivity index (χ3n) is 4.78. The highest BCUT2D eigenvalue weighted by Crippen LogP contribution is 2.22. The maximum absolute atomic E-state index is 12.2. The van der Waals surface area contributed by atoms with Gasteiger partial charge in [0.2, 0.25) is 0 Å². The lowest BCUT2D eigenvalue weighted by atomic mass is 10.1. The number of carbonyl (C=O) groups is 1. The molecular formula is C23H21N5O3. The number of aromatic nitrogens is 2. The highest BCUT2D eigenvalue weighted by atomic mass is 16.5. The number of benzene rings is 2. The molecule has 3 aromatic rings. The highest BCUT2D eigenvalue weighted by Gasteiger charge is 2.13. The molecule has 0 radical (unpaired) electrons. The van der Waals surface area contributed by atoms with Crippen LogP contribution < -0.4 is 15.0 Å². The molecule has 1 fully saturated rings. The maximum atomic E-state index is 12.2. The molecule has 0 bridgehead atoms. The summed E-state index contributed by atoms with van der Waals surface area (Å²) >= 11 is 0. The van der Waals surface area contributed by atoms with Gasteiger partial charge in [-0.15, -0.1) is 10.2 Å². The first-order chi connectivity index (χ1) is 15.2. The van der Waals surface area contributed by atoms with E-state index in [1.54, 1.807) is 30.3 Å². The van der Waals surface area contributed by atoms with E-state index in [0.717, 1.165) is 30.2 Å². The van der Waals surface area contributed by atoms with Crippen LogP contribution in [0.3, 0.4) is 0 Å². The summed E-state index contributed by atoms with van der Waals surface area (Å²) in [4.78, 5) is 14.4. The minimum Gasteiger partial charge on any atom is -0.484 e. The number of hydrogen-bond acceptors (Lipinski definition) is 7. The Morgan fingerprint density at radius 2 is 1.90 bits per heavy atom. The van der Waals surface area contributed by atoms with E-state index in [4.69, 9.17) is 14.7 Å². The molecule has 1 aliphatic heterocycles. The SMILES string of the molecule is N#Cc1ccc(OCC(=O)Nc2cccc(-c3ccc(N4CCOCC4)nn3)c2)cc1. The fraction of sp³-hybridized carbons (Fsp3) is 0.217. The normalized spacial score (nSPS) is 13.3. The predicted molar refractivity (Wildman–Crippen MR) is 116 cm³/mol. The average molecular weight is 415 g/mol. The van der Waals surface area contributed by atoms with Crippen LogP contribution in [-0.2, 0) is 9.53 Å². The molecule has 8 nitrogen and oxygen atoms in total. The van der Waals surface area contributed by atoms with Crippen molar-refractivity contribution in [1.29, 1.82) is 5.26 Å². The fourth-order valence-electron chi connectivity index (χ4n) is 3.17. The van der Waals surface area contributed by atoms with E-state index in [0.29, 0.717) is 30.2 Å². The highest BCUT2D eigenvalue weighted by molar-refractivity contribution is 5.92. The van der Waals surface area contributed by atoms with Crippen LogP contribution in [-0.4, -0.2) is 49.0 Å². The molecule has 4 rings (SSSR count). The predicted octanol–water partition coefficient (Wildman–Crippen LogP) is 2.87. The Balaban J connectivity index is 1.36. The van der Waals surface area contributed by atoms with E-state index in [9.17, 15) is 4.79 Å². The summed E-state index contributed by atoms with van der Waals surface area (Å²) in [5.74, 6) is 1.07. The number of carbonyl (C=O) groups excluding carboxylic acids is 1. The van der Waals surface area contributed by atoms with Crippen molar-refractivity contribution < 1.29 is 14.3 Å². The number of nitriles is 1. The Bertz CT molecular complexity index is 1070. The molecule has 0 unspecified atom stereocenters. The molecule has 0 saturated carbocycles. The maximum Gasteiger partial charge on any atom is 0.262 e. The largest absolute Gasteiger partial charge is 0.484 e. The molecule has 0 atom stereocenters. The number of amides is 1.